The highest BCUT2D eigenvalue weighted by atomic mass is 32.1. The van der Waals surface area contributed by atoms with E-state index in [-0.39, 0.29) is 22.6 Å². The lowest BCUT2D eigenvalue weighted by Crippen LogP contribution is -2.47. The minimum Gasteiger partial charge on any atom is -0.482 e. The van der Waals surface area contributed by atoms with Crippen LogP contribution < -0.4 is 15.4 Å². The molecule has 0 unspecified atom stereocenters. The van der Waals surface area contributed by atoms with E-state index in [0.717, 1.165) is 16.9 Å². The van der Waals surface area contributed by atoms with Crippen LogP contribution in [0.25, 0.3) is 10.1 Å². The number of anilines is 1. The van der Waals surface area contributed by atoms with Crippen LogP contribution in [0.4, 0.5) is 18.9 Å². The third-order valence-electron chi connectivity index (χ3n) is 6.19. The van der Waals surface area contributed by atoms with Crippen LogP contribution in [0.2, 0.25) is 0 Å². The molecule has 0 aliphatic carbocycles. The Bertz CT molecular complexity index is 1320. The van der Waals surface area contributed by atoms with Crippen molar-refractivity contribution in [2.75, 3.05) is 31.6 Å². The number of aliphatic hydroxyl groups excluding tert-OH is 1. The van der Waals surface area contributed by atoms with E-state index >= 15 is 0 Å². The number of benzene rings is 1. The molecule has 1 aliphatic rings. The molecule has 1 aromatic carbocycles. The molecule has 3 amide bonds. The Balaban J connectivity index is 1.63. The highest BCUT2D eigenvalue weighted by Gasteiger charge is 2.32. The Morgan fingerprint density at radius 1 is 1.18 bits per heavy atom. The summed E-state index contributed by atoms with van der Waals surface area (Å²) in [7, 11) is 0. The van der Waals surface area contributed by atoms with Gasteiger partial charge >= 0.3 is 6.18 Å². The molecule has 1 aliphatic heterocycles. The summed E-state index contributed by atoms with van der Waals surface area (Å²) in [5.74, 6) is -1.51. The van der Waals surface area contributed by atoms with Crippen LogP contribution in [0.15, 0.2) is 29.0 Å². The van der Waals surface area contributed by atoms with E-state index in [0.29, 0.717) is 53.7 Å². The maximum absolute atomic E-state index is 13.2. The van der Waals surface area contributed by atoms with Crippen LogP contribution in [-0.4, -0.2) is 66.2 Å². The summed E-state index contributed by atoms with van der Waals surface area (Å²) in [6.07, 6.45) is -3.19. The van der Waals surface area contributed by atoms with Crippen molar-refractivity contribution in [3.05, 3.63) is 45.0 Å². The second kappa shape index (κ2) is 11.7. The number of carbonyl (C=O) groups excluding carboxylic acids is 3. The number of amides is 3. The molecule has 0 radical (unpaired) electrons. The molecule has 0 saturated carbocycles. The second-order valence-corrected chi connectivity index (χ2v) is 10.6. The van der Waals surface area contributed by atoms with E-state index in [2.05, 4.69) is 10.6 Å². The minimum absolute atomic E-state index is 0.00137. The average molecular weight is 570 g/mol. The van der Waals surface area contributed by atoms with Crippen molar-refractivity contribution in [2.45, 2.75) is 38.4 Å². The summed E-state index contributed by atoms with van der Waals surface area (Å²) in [5.41, 5.74) is 1.65. The van der Waals surface area contributed by atoms with E-state index in [9.17, 15) is 27.6 Å². The maximum atomic E-state index is 13.2. The molecule has 3 aromatic rings. The van der Waals surface area contributed by atoms with E-state index in [4.69, 9.17) is 9.84 Å². The SMILES string of the molecule is CCc1cc2sc(C(=O)NC3CCN(C(=O)CO)CC3)c(OCC(F)(F)F)c2cc1NC(=O)c1ccsc1. The van der Waals surface area contributed by atoms with Crippen molar-refractivity contribution in [1.82, 2.24) is 10.2 Å². The first-order chi connectivity index (χ1) is 18.1. The number of nitrogens with zero attached hydrogens (tertiary/aromatic N) is 1. The number of rotatable bonds is 8. The van der Waals surface area contributed by atoms with Crippen molar-refractivity contribution in [3.8, 4) is 5.75 Å². The van der Waals surface area contributed by atoms with E-state index < -0.39 is 31.2 Å². The van der Waals surface area contributed by atoms with Crippen molar-refractivity contribution in [1.29, 1.82) is 0 Å². The topological polar surface area (TPSA) is 108 Å². The molecule has 8 nitrogen and oxygen atoms in total. The van der Waals surface area contributed by atoms with Gasteiger partial charge in [-0.15, -0.1) is 11.3 Å². The highest BCUT2D eigenvalue weighted by Crippen LogP contribution is 2.41. The van der Waals surface area contributed by atoms with E-state index in [1.54, 1.807) is 29.0 Å². The van der Waals surface area contributed by atoms with Crippen molar-refractivity contribution in [3.63, 3.8) is 0 Å². The zero-order chi connectivity index (χ0) is 27.4. The molecule has 3 N–H and O–H groups in total. The number of nitrogens with one attached hydrogen (secondary N) is 2. The van der Waals surface area contributed by atoms with E-state index in [1.807, 2.05) is 6.92 Å². The fraction of sp³-hybridized carbons (Fsp3) is 0.400. The summed E-state index contributed by atoms with van der Waals surface area (Å²) >= 11 is 2.39. The first kappa shape index (κ1) is 27.9. The molecule has 204 valence electrons. The smallest absolute Gasteiger partial charge is 0.422 e. The second-order valence-electron chi connectivity index (χ2n) is 8.78. The molecular formula is C25H26F3N3O5S2. The highest BCUT2D eigenvalue weighted by molar-refractivity contribution is 7.21. The number of aryl methyl sites for hydroxylation is 1. The van der Waals surface area contributed by atoms with Crippen LogP contribution >= 0.6 is 22.7 Å². The summed E-state index contributed by atoms with van der Waals surface area (Å²) in [5, 5.41) is 18.4. The lowest BCUT2D eigenvalue weighted by molar-refractivity contribution is -0.153. The largest absolute Gasteiger partial charge is 0.482 e. The normalized spacial score (nSPS) is 14.5. The minimum atomic E-state index is -4.62. The molecule has 1 saturated heterocycles. The van der Waals surface area contributed by atoms with Gasteiger partial charge in [0.2, 0.25) is 5.91 Å². The molecule has 0 atom stereocenters. The molecule has 38 heavy (non-hydrogen) atoms. The summed E-state index contributed by atoms with van der Waals surface area (Å²) in [6.45, 7) is 0.418. The Hall–Kier alpha value is -3.16. The van der Waals surface area contributed by atoms with Gasteiger partial charge in [0.05, 0.1) is 5.56 Å². The Kier molecular flexibility index (Phi) is 8.58. The summed E-state index contributed by atoms with van der Waals surface area (Å²) in [6, 6.07) is 4.67. The summed E-state index contributed by atoms with van der Waals surface area (Å²) in [4.78, 5) is 39.1. The summed E-state index contributed by atoms with van der Waals surface area (Å²) < 4.78 is 45.0. The fourth-order valence-corrected chi connectivity index (χ4v) is 5.96. The van der Waals surface area contributed by atoms with Crippen LogP contribution in [0.3, 0.4) is 0 Å². The molecule has 3 heterocycles. The number of alkyl halides is 3. The Morgan fingerprint density at radius 2 is 1.92 bits per heavy atom. The van der Waals surface area contributed by atoms with Gasteiger partial charge in [-0.2, -0.15) is 24.5 Å². The van der Waals surface area contributed by atoms with Gasteiger partial charge in [-0.25, -0.2) is 0 Å². The van der Waals surface area contributed by atoms with Crippen LogP contribution in [-0.2, 0) is 11.2 Å². The fourth-order valence-electron chi connectivity index (χ4n) is 4.23. The molecule has 2 aromatic heterocycles. The molecule has 0 spiro atoms. The zero-order valence-electron chi connectivity index (χ0n) is 20.4. The van der Waals surface area contributed by atoms with Gasteiger partial charge in [0.1, 0.15) is 11.5 Å². The standard InChI is InChI=1S/C25H26F3N3O5S2/c1-2-14-9-19-17(10-18(14)30-23(34)15-5-8-37-12-15)21(36-13-25(26,27)28)22(38-19)24(35)29-16-3-6-31(7-4-16)20(33)11-32/h5,8-10,12,16,32H,2-4,6-7,11,13H2,1H3,(H,29,35)(H,30,34). The van der Waals surface area contributed by atoms with Gasteiger partial charge in [0.15, 0.2) is 12.4 Å². The first-order valence-electron chi connectivity index (χ1n) is 11.9. The number of halogens is 3. The average Bonchev–Trinajstić information content (AvgIpc) is 3.55. The monoisotopic (exact) mass is 569 g/mol. The van der Waals surface area contributed by atoms with Crippen LogP contribution in [0, 0.1) is 0 Å². The molecule has 4 rings (SSSR count). The number of thiophene rings is 2. The number of hydrogen-bond donors (Lipinski definition) is 3. The van der Waals surface area contributed by atoms with Gasteiger partial charge in [0, 0.05) is 40.3 Å². The van der Waals surface area contributed by atoms with Crippen LogP contribution in [0.1, 0.15) is 45.4 Å². The van der Waals surface area contributed by atoms with Crippen molar-refractivity contribution in [2.24, 2.45) is 0 Å². The van der Waals surface area contributed by atoms with E-state index in [1.165, 1.54) is 16.2 Å². The Labute approximate surface area is 224 Å². The number of aliphatic hydroxyl groups is 1. The number of carbonyl (C=O) groups is 3. The number of hydrogen-bond acceptors (Lipinski definition) is 7. The molecule has 13 heteroatoms. The van der Waals surface area contributed by atoms with Gasteiger partial charge in [-0.05, 0) is 48.4 Å². The number of fused-ring (bicyclic) bond motifs is 1. The quantitative estimate of drug-likeness (QED) is 0.372. The Morgan fingerprint density at radius 3 is 2.53 bits per heavy atom. The first-order valence-corrected chi connectivity index (χ1v) is 13.7. The molecular weight excluding hydrogens is 543 g/mol. The number of piperidine rings is 1. The van der Waals surface area contributed by atoms with Gasteiger partial charge in [0.25, 0.3) is 11.8 Å². The van der Waals surface area contributed by atoms with Crippen LogP contribution in [0.5, 0.6) is 5.75 Å². The lowest BCUT2D eigenvalue weighted by Gasteiger charge is -2.32. The molecule has 0 bridgehead atoms. The predicted octanol–water partition coefficient (Wildman–Crippen LogP) is 4.43. The molecule has 1 fully saturated rings. The van der Waals surface area contributed by atoms with Gasteiger partial charge in [-0.3, -0.25) is 14.4 Å². The zero-order valence-corrected chi connectivity index (χ0v) is 22.0. The maximum Gasteiger partial charge on any atom is 0.422 e. The van der Waals surface area contributed by atoms with Crippen molar-refractivity contribution >= 4 is 56.2 Å². The predicted molar refractivity (Wildman–Crippen MR) is 139 cm³/mol. The number of ether oxygens (including phenoxy) is 1. The van der Waals surface area contributed by atoms with Gasteiger partial charge in [-0.1, -0.05) is 6.92 Å². The van der Waals surface area contributed by atoms with Crippen molar-refractivity contribution < 1.29 is 37.4 Å². The van der Waals surface area contributed by atoms with Gasteiger partial charge < -0.3 is 25.4 Å². The lowest BCUT2D eigenvalue weighted by atomic mass is 10.0. The third-order valence-corrected chi connectivity index (χ3v) is 8.00. The number of likely N-dealkylation sites (tertiary alicyclic amines) is 1. The third kappa shape index (κ3) is 6.45.